The van der Waals surface area contributed by atoms with Crippen LogP contribution in [-0.4, -0.2) is 7.05 Å². The summed E-state index contributed by atoms with van der Waals surface area (Å²) in [5.74, 6) is 0. The normalized spacial score (nSPS) is 9.65. The highest BCUT2D eigenvalue weighted by molar-refractivity contribution is 5.69. The minimum atomic E-state index is 0.659. The van der Waals surface area contributed by atoms with E-state index >= 15 is 0 Å². The van der Waals surface area contributed by atoms with Crippen LogP contribution in [-0.2, 0) is 0 Å². The third-order valence-electron chi connectivity index (χ3n) is 2.67. The Bertz CT molecular complexity index is 552. The number of nitrogens with two attached hydrogens (primary N) is 1. The predicted octanol–water partition coefficient (Wildman–Crippen LogP) is 2.91. The average Bonchev–Trinajstić information content (AvgIpc) is 2.39. The van der Waals surface area contributed by atoms with E-state index in [1.807, 2.05) is 60.5 Å². The van der Waals surface area contributed by atoms with Gasteiger partial charge in [0.2, 0.25) is 0 Å². The van der Waals surface area contributed by atoms with E-state index in [0.717, 1.165) is 17.1 Å². The van der Waals surface area contributed by atoms with Gasteiger partial charge >= 0.3 is 0 Å². The zero-order chi connectivity index (χ0) is 12.3. The molecule has 0 unspecified atom stereocenters. The maximum Gasteiger partial charge on any atom is 0.101 e. The summed E-state index contributed by atoms with van der Waals surface area (Å²) in [6, 6.07) is 17.3. The second-order valence-corrected chi connectivity index (χ2v) is 3.78. The van der Waals surface area contributed by atoms with Gasteiger partial charge in [-0.1, -0.05) is 12.1 Å². The summed E-state index contributed by atoms with van der Waals surface area (Å²) in [4.78, 5) is 1.97. The molecule has 2 rings (SSSR count). The highest BCUT2D eigenvalue weighted by Gasteiger charge is 2.07. The fourth-order valence-corrected chi connectivity index (χ4v) is 1.70. The van der Waals surface area contributed by atoms with E-state index in [1.54, 1.807) is 0 Å². The van der Waals surface area contributed by atoms with Crippen molar-refractivity contribution in [3.05, 3.63) is 54.1 Å². The Morgan fingerprint density at radius 1 is 1.06 bits per heavy atom. The first-order chi connectivity index (χ1) is 8.22. The van der Waals surface area contributed by atoms with Gasteiger partial charge in [0.15, 0.2) is 0 Å². The van der Waals surface area contributed by atoms with Crippen molar-refractivity contribution in [1.82, 2.24) is 0 Å². The molecule has 0 saturated heterocycles. The molecule has 0 aliphatic heterocycles. The van der Waals surface area contributed by atoms with Gasteiger partial charge in [0.25, 0.3) is 0 Å². The lowest BCUT2D eigenvalue weighted by Gasteiger charge is -2.20. The fourth-order valence-electron chi connectivity index (χ4n) is 1.70. The van der Waals surface area contributed by atoms with Crippen LogP contribution >= 0.6 is 0 Å². The van der Waals surface area contributed by atoms with Gasteiger partial charge in [-0.15, -0.1) is 0 Å². The van der Waals surface area contributed by atoms with Crippen molar-refractivity contribution < 1.29 is 0 Å². The highest BCUT2D eigenvalue weighted by Crippen LogP contribution is 2.26. The summed E-state index contributed by atoms with van der Waals surface area (Å²) in [6.45, 7) is 0. The minimum Gasteiger partial charge on any atom is -0.399 e. The third-order valence-corrected chi connectivity index (χ3v) is 2.67. The number of nitrogen functional groups attached to an aromatic ring is 1. The Hall–Kier alpha value is -2.47. The molecule has 0 aliphatic rings. The second kappa shape index (κ2) is 4.58. The van der Waals surface area contributed by atoms with Crippen LogP contribution in [0.2, 0.25) is 0 Å². The van der Waals surface area contributed by atoms with Gasteiger partial charge < -0.3 is 10.6 Å². The number of hydrogen-bond acceptors (Lipinski definition) is 3. The summed E-state index contributed by atoms with van der Waals surface area (Å²) in [5, 5.41) is 9.06. The van der Waals surface area contributed by atoms with E-state index in [1.165, 1.54) is 0 Å². The lowest BCUT2D eigenvalue weighted by atomic mass is 10.1. The zero-order valence-electron chi connectivity index (χ0n) is 9.59. The maximum absolute atomic E-state index is 9.06. The van der Waals surface area contributed by atoms with Gasteiger partial charge in [0.05, 0.1) is 11.3 Å². The summed E-state index contributed by atoms with van der Waals surface area (Å²) in [7, 11) is 1.93. The van der Waals surface area contributed by atoms with Gasteiger partial charge in [-0.2, -0.15) is 5.26 Å². The average molecular weight is 223 g/mol. The predicted molar refractivity (Wildman–Crippen MR) is 70.1 cm³/mol. The van der Waals surface area contributed by atoms with Crippen LogP contribution in [0.4, 0.5) is 17.1 Å². The number of benzene rings is 2. The quantitative estimate of drug-likeness (QED) is 0.796. The summed E-state index contributed by atoms with van der Waals surface area (Å²) in [6.07, 6.45) is 0. The van der Waals surface area contributed by atoms with Gasteiger partial charge in [-0.25, -0.2) is 0 Å². The van der Waals surface area contributed by atoms with Gasteiger partial charge in [0, 0.05) is 18.4 Å². The topological polar surface area (TPSA) is 53.0 Å². The maximum atomic E-state index is 9.06. The standard InChI is InChI=1S/C14H13N3/c1-17(13-8-6-12(16)7-9-13)14-5-3-2-4-11(14)10-15/h2-9H,16H2,1H3. The molecule has 0 saturated carbocycles. The van der Waals surface area contributed by atoms with Crippen LogP contribution in [0.3, 0.4) is 0 Å². The Balaban J connectivity index is 2.40. The molecule has 2 aromatic carbocycles. The first-order valence-electron chi connectivity index (χ1n) is 5.31. The van der Waals surface area contributed by atoms with Gasteiger partial charge in [0.1, 0.15) is 6.07 Å². The molecule has 0 radical (unpaired) electrons. The van der Waals surface area contributed by atoms with E-state index in [2.05, 4.69) is 6.07 Å². The van der Waals surface area contributed by atoms with Crippen LogP contribution in [0.1, 0.15) is 5.56 Å². The SMILES string of the molecule is CN(c1ccc(N)cc1)c1ccccc1C#N. The lowest BCUT2D eigenvalue weighted by Crippen LogP contribution is -2.10. The van der Waals surface area contributed by atoms with E-state index in [9.17, 15) is 0 Å². The molecule has 0 fully saturated rings. The van der Waals surface area contributed by atoms with Crippen molar-refractivity contribution in [1.29, 1.82) is 5.26 Å². The Morgan fingerprint density at radius 2 is 1.71 bits per heavy atom. The Morgan fingerprint density at radius 3 is 2.35 bits per heavy atom. The van der Waals surface area contributed by atoms with Gasteiger partial charge in [-0.05, 0) is 36.4 Å². The number of para-hydroxylation sites is 1. The van der Waals surface area contributed by atoms with Crippen molar-refractivity contribution in [3.8, 4) is 6.07 Å². The van der Waals surface area contributed by atoms with E-state index < -0.39 is 0 Å². The van der Waals surface area contributed by atoms with Crippen molar-refractivity contribution in [2.75, 3.05) is 17.7 Å². The molecule has 2 N–H and O–H groups in total. The molecule has 0 bridgehead atoms. The highest BCUT2D eigenvalue weighted by atomic mass is 15.1. The monoisotopic (exact) mass is 223 g/mol. The summed E-state index contributed by atoms with van der Waals surface area (Å²) >= 11 is 0. The number of anilines is 3. The minimum absolute atomic E-state index is 0.659. The molecular weight excluding hydrogens is 210 g/mol. The molecule has 3 heteroatoms. The number of rotatable bonds is 2. The molecule has 0 aliphatic carbocycles. The van der Waals surface area contributed by atoms with E-state index in [4.69, 9.17) is 11.0 Å². The lowest BCUT2D eigenvalue weighted by molar-refractivity contribution is 1.20. The second-order valence-electron chi connectivity index (χ2n) is 3.78. The van der Waals surface area contributed by atoms with Crippen molar-refractivity contribution in [3.63, 3.8) is 0 Å². The smallest absolute Gasteiger partial charge is 0.101 e. The Kier molecular flexibility index (Phi) is 2.97. The van der Waals surface area contributed by atoms with Crippen molar-refractivity contribution in [2.45, 2.75) is 0 Å². The summed E-state index contributed by atoms with van der Waals surface area (Å²) < 4.78 is 0. The molecule has 0 spiro atoms. The third kappa shape index (κ3) is 2.21. The van der Waals surface area contributed by atoms with Crippen LogP contribution in [0.25, 0.3) is 0 Å². The zero-order valence-corrected chi connectivity index (χ0v) is 9.59. The molecule has 0 amide bonds. The fraction of sp³-hybridized carbons (Fsp3) is 0.0714. The van der Waals surface area contributed by atoms with Crippen molar-refractivity contribution >= 4 is 17.1 Å². The molecular formula is C14H13N3. The van der Waals surface area contributed by atoms with Gasteiger partial charge in [-0.3, -0.25) is 0 Å². The van der Waals surface area contributed by atoms with Crippen LogP contribution in [0.15, 0.2) is 48.5 Å². The molecule has 3 nitrogen and oxygen atoms in total. The van der Waals surface area contributed by atoms with Crippen LogP contribution in [0.5, 0.6) is 0 Å². The molecule has 84 valence electrons. The number of hydrogen-bond donors (Lipinski definition) is 1. The molecule has 17 heavy (non-hydrogen) atoms. The van der Waals surface area contributed by atoms with Crippen LogP contribution in [0, 0.1) is 11.3 Å². The van der Waals surface area contributed by atoms with Crippen molar-refractivity contribution in [2.24, 2.45) is 0 Å². The first kappa shape index (κ1) is 11.0. The molecule has 2 aromatic rings. The van der Waals surface area contributed by atoms with E-state index in [-0.39, 0.29) is 0 Å². The number of nitriles is 1. The molecule has 0 heterocycles. The molecule has 0 aromatic heterocycles. The number of nitrogens with zero attached hydrogens (tertiary/aromatic N) is 2. The largest absolute Gasteiger partial charge is 0.399 e. The van der Waals surface area contributed by atoms with Crippen LogP contribution < -0.4 is 10.6 Å². The summed E-state index contributed by atoms with van der Waals surface area (Å²) in [5.41, 5.74) is 8.93. The van der Waals surface area contributed by atoms with E-state index in [0.29, 0.717) is 5.56 Å². The Labute approximate surface area is 101 Å². The molecule has 0 atom stereocenters. The first-order valence-corrected chi connectivity index (χ1v) is 5.31.